The molecule has 1 aliphatic rings. The summed E-state index contributed by atoms with van der Waals surface area (Å²) < 4.78 is 39.2. The molecular formula is C12H16F3N3O. The van der Waals surface area contributed by atoms with Crippen LogP contribution in [0.1, 0.15) is 30.3 Å². The maximum Gasteiger partial charge on any atom is 0.406 e. The van der Waals surface area contributed by atoms with Crippen molar-refractivity contribution in [1.82, 2.24) is 9.47 Å². The van der Waals surface area contributed by atoms with Crippen molar-refractivity contribution < 1.29 is 18.0 Å². The van der Waals surface area contributed by atoms with Crippen molar-refractivity contribution in [2.45, 2.75) is 38.5 Å². The first kappa shape index (κ1) is 13.8. The largest absolute Gasteiger partial charge is 0.406 e. The van der Waals surface area contributed by atoms with E-state index in [0.717, 1.165) is 4.90 Å². The molecule has 2 N–H and O–H groups in total. The second-order valence-electron chi connectivity index (χ2n) is 4.72. The number of nitrogens with two attached hydrogens (primary N) is 1. The van der Waals surface area contributed by atoms with Gasteiger partial charge in [0.15, 0.2) is 0 Å². The minimum atomic E-state index is -4.38. The number of hydrogen-bond acceptors (Lipinski definition) is 2. The molecule has 0 atom stereocenters. The van der Waals surface area contributed by atoms with Crippen LogP contribution in [0, 0.1) is 0 Å². The Morgan fingerprint density at radius 2 is 2.16 bits per heavy atom. The van der Waals surface area contributed by atoms with Crippen molar-refractivity contribution >= 4 is 11.6 Å². The predicted molar refractivity (Wildman–Crippen MR) is 64.6 cm³/mol. The fraction of sp³-hybridized carbons (Fsp3) is 0.583. The Balaban J connectivity index is 2.23. The number of nitrogens with zero attached hydrogens (tertiary/aromatic N) is 2. The van der Waals surface area contributed by atoms with E-state index in [2.05, 4.69) is 0 Å². The zero-order valence-electron chi connectivity index (χ0n) is 10.6. The van der Waals surface area contributed by atoms with E-state index in [1.54, 1.807) is 17.7 Å². The van der Waals surface area contributed by atoms with Gasteiger partial charge in [-0.2, -0.15) is 13.2 Å². The molecule has 1 amide bonds. The molecule has 0 saturated heterocycles. The van der Waals surface area contributed by atoms with Crippen LogP contribution in [0.25, 0.3) is 0 Å². The first-order valence-corrected chi connectivity index (χ1v) is 6.15. The van der Waals surface area contributed by atoms with Crippen molar-refractivity contribution in [3.8, 4) is 0 Å². The van der Waals surface area contributed by atoms with E-state index in [1.165, 1.54) is 6.07 Å². The van der Waals surface area contributed by atoms with Gasteiger partial charge < -0.3 is 15.2 Å². The van der Waals surface area contributed by atoms with Crippen LogP contribution in [-0.4, -0.2) is 34.1 Å². The topological polar surface area (TPSA) is 51.3 Å². The van der Waals surface area contributed by atoms with Crippen LogP contribution < -0.4 is 5.73 Å². The van der Waals surface area contributed by atoms with Gasteiger partial charge in [-0.1, -0.05) is 0 Å². The second-order valence-corrected chi connectivity index (χ2v) is 4.72. The summed E-state index contributed by atoms with van der Waals surface area (Å²) >= 11 is 0. The number of rotatable bonds is 4. The standard InChI is InChI=1S/C12H16F3N3O/c1-2-17-6-8(16)5-10(17)11(19)18(9-3-4-9)7-12(13,14)15/h5-6,9H,2-4,7,16H2,1H3. The van der Waals surface area contributed by atoms with E-state index in [9.17, 15) is 18.0 Å². The van der Waals surface area contributed by atoms with Crippen LogP contribution >= 0.6 is 0 Å². The Bertz CT molecular complexity index is 477. The summed E-state index contributed by atoms with van der Waals surface area (Å²) in [5.74, 6) is -0.599. The molecule has 1 aromatic heterocycles. The Labute approximate surface area is 109 Å². The number of nitrogen functional groups attached to an aromatic ring is 1. The zero-order chi connectivity index (χ0) is 14.2. The molecule has 0 unspecified atom stereocenters. The monoisotopic (exact) mass is 275 g/mol. The number of carbonyl (C=O) groups excluding carboxylic acids is 1. The van der Waals surface area contributed by atoms with Crippen molar-refractivity contribution in [2.24, 2.45) is 0 Å². The van der Waals surface area contributed by atoms with E-state index in [-0.39, 0.29) is 11.7 Å². The molecule has 0 bridgehead atoms. The third kappa shape index (κ3) is 3.21. The zero-order valence-corrected chi connectivity index (χ0v) is 10.6. The van der Waals surface area contributed by atoms with Crippen LogP contribution in [-0.2, 0) is 6.54 Å². The fourth-order valence-corrected chi connectivity index (χ4v) is 2.07. The van der Waals surface area contributed by atoms with Gasteiger partial charge in [0.1, 0.15) is 12.2 Å². The molecule has 1 aliphatic carbocycles. The number of alkyl halides is 3. The number of amides is 1. The lowest BCUT2D eigenvalue weighted by molar-refractivity contribution is -0.141. The normalized spacial score (nSPS) is 15.6. The van der Waals surface area contributed by atoms with Gasteiger partial charge in [0.05, 0.1) is 5.69 Å². The van der Waals surface area contributed by atoms with Gasteiger partial charge in [-0.3, -0.25) is 4.79 Å². The molecule has 2 rings (SSSR count). The molecule has 1 aromatic rings. The maximum atomic E-state index is 12.5. The summed E-state index contributed by atoms with van der Waals surface area (Å²) in [5.41, 5.74) is 6.20. The Morgan fingerprint density at radius 1 is 1.53 bits per heavy atom. The van der Waals surface area contributed by atoms with E-state index >= 15 is 0 Å². The molecule has 106 valence electrons. The minimum absolute atomic E-state index is 0.219. The highest BCUT2D eigenvalue weighted by Crippen LogP contribution is 2.31. The van der Waals surface area contributed by atoms with Crippen molar-refractivity contribution in [2.75, 3.05) is 12.3 Å². The van der Waals surface area contributed by atoms with E-state index in [1.807, 2.05) is 0 Å². The Morgan fingerprint density at radius 3 is 2.63 bits per heavy atom. The maximum absolute atomic E-state index is 12.5. The molecule has 1 heterocycles. The SMILES string of the molecule is CCn1cc(N)cc1C(=O)N(CC(F)(F)F)C1CC1. The summed E-state index contributed by atoms with van der Waals surface area (Å²) in [4.78, 5) is 13.2. The molecule has 19 heavy (non-hydrogen) atoms. The number of carbonyl (C=O) groups is 1. The average molecular weight is 275 g/mol. The van der Waals surface area contributed by atoms with E-state index < -0.39 is 18.6 Å². The average Bonchev–Trinajstić information content (AvgIpc) is 3.07. The van der Waals surface area contributed by atoms with Crippen LogP contribution in [0.5, 0.6) is 0 Å². The summed E-state index contributed by atoms with van der Waals surface area (Å²) in [6.45, 7) is 1.09. The molecular weight excluding hydrogens is 259 g/mol. The van der Waals surface area contributed by atoms with Crippen LogP contribution in [0.2, 0.25) is 0 Å². The van der Waals surface area contributed by atoms with E-state index in [0.29, 0.717) is 25.1 Å². The van der Waals surface area contributed by atoms with Crippen LogP contribution in [0.3, 0.4) is 0 Å². The molecule has 7 heteroatoms. The number of aromatic nitrogens is 1. The highest BCUT2D eigenvalue weighted by Gasteiger charge is 2.41. The Kier molecular flexibility index (Phi) is 3.47. The lowest BCUT2D eigenvalue weighted by Crippen LogP contribution is -2.41. The highest BCUT2D eigenvalue weighted by atomic mass is 19.4. The fourth-order valence-electron chi connectivity index (χ4n) is 2.07. The summed E-state index contributed by atoms with van der Waals surface area (Å²) in [5, 5.41) is 0. The lowest BCUT2D eigenvalue weighted by atomic mass is 10.3. The van der Waals surface area contributed by atoms with Gasteiger partial charge in [-0.15, -0.1) is 0 Å². The molecule has 0 aromatic carbocycles. The first-order chi connectivity index (χ1) is 8.81. The number of halogens is 3. The van der Waals surface area contributed by atoms with Gasteiger partial charge >= 0.3 is 6.18 Å². The molecule has 0 radical (unpaired) electrons. The van der Waals surface area contributed by atoms with Crippen molar-refractivity contribution in [1.29, 1.82) is 0 Å². The van der Waals surface area contributed by atoms with Crippen LogP contribution in [0.4, 0.5) is 18.9 Å². The van der Waals surface area contributed by atoms with Gasteiger partial charge in [0.2, 0.25) is 0 Å². The smallest absolute Gasteiger partial charge is 0.397 e. The highest BCUT2D eigenvalue weighted by molar-refractivity contribution is 5.94. The predicted octanol–water partition coefficient (Wildman–Crippen LogP) is 2.26. The summed E-state index contributed by atoms with van der Waals surface area (Å²) in [7, 11) is 0. The lowest BCUT2D eigenvalue weighted by Gasteiger charge is -2.24. The van der Waals surface area contributed by atoms with Gasteiger partial charge in [0, 0.05) is 18.8 Å². The third-order valence-corrected chi connectivity index (χ3v) is 3.08. The molecule has 1 saturated carbocycles. The third-order valence-electron chi connectivity index (χ3n) is 3.08. The number of hydrogen-bond donors (Lipinski definition) is 1. The minimum Gasteiger partial charge on any atom is -0.397 e. The second kappa shape index (κ2) is 4.79. The van der Waals surface area contributed by atoms with Gasteiger partial charge in [-0.05, 0) is 25.8 Å². The molecule has 0 aliphatic heterocycles. The van der Waals surface area contributed by atoms with Crippen LogP contribution in [0.15, 0.2) is 12.3 Å². The van der Waals surface area contributed by atoms with E-state index in [4.69, 9.17) is 5.73 Å². The molecule has 4 nitrogen and oxygen atoms in total. The molecule has 0 spiro atoms. The number of anilines is 1. The van der Waals surface area contributed by atoms with Crippen molar-refractivity contribution in [3.05, 3.63) is 18.0 Å². The Hall–Kier alpha value is -1.66. The summed E-state index contributed by atoms with van der Waals surface area (Å²) in [6, 6.07) is 1.13. The first-order valence-electron chi connectivity index (χ1n) is 6.15. The quantitative estimate of drug-likeness (QED) is 0.916. The van der Waals surface area contributed by atoms with Gasteiger partial charge in [0.25, 0.3) is 5.91 Å². The molecule has 1 fully saturated rings. The van der Waals surface area contributed by atoms with Crippen molar-refractivity contribution in [3.63, 3.8) is 0 Å². The summed E-state index contributed by atoms with van der Waals surface area (Å²) in [6.07, 6.45) is -1.56. The van der Waals surface area contributed by atoms with Gasteiger partial charge in [-0.25, -0.2) is 0 Å². The number of aryl methyl sites for hydroxylation is 1.